The van der Waals surface area contributed by atoms with Crippen LogP contribution >= 0.6 is 23.5 Å². The van der Waals surface area contributed by atoms with E-state index in [0.717, 1.165) is 0 Å². The van der Waals surface area contributed by atoms with Crippen molar-refractivity contribution in [3.63, 3.8) is 0 Å². The molecule has 0 unspecified atom stereocenters. The fraction of sp³-hybridized carbons (Fsp3) is 0.385. The van der Waals surface area contributed by atoms with Crippen molar-refractivity contribution in [1.82, 2.24) is 0 Å². The Labute approximate surface area is 99.5 Å². The van der Waals surface area contributed by atoms with Gasteiger partial charge in [-0.05, 0) is 54.0 Å². The molecule has 1 aliphatic heterocycles. The molecule has 1 aromatic rings. The van der Waals surface area contributed by atoms with Crippen LogP contribution in [0.25, 0.3) is 0 Å². The molecule has 0 atom stereocenters. The quantitative estimate of drug-likeness (QED) is 0.621. The number of benzene rings is 1. The van der Waals surface area contributed by atoms with Gasteiger partial charge in [0.15, 0.2) is 0 Å². The SMILES string of the molecule is Cc1cccc2c1SC1=C(CCCC1)S2. The van der Waals surface area contributed by atoms with Gasteiger partial charge >= 0.3 is 0 Å². The van der Waals surface area contributed by atoms with E-state index in [2.05, 4.69) is 25.1 Å². The van der Waals surface area contributed by atoms with Crippen molar-refractivity contribution in [1.29, 1.82) is 0 Å². The molecule has 0 aromatic heterocycles. The highest BCUT2D eigenvalue weighted by Crippen LogP contribution is 2.52. The van der Waals surface area contributed by atoms with Crippen LogP contribution in [-0.4, -0.2) is 0 Å². The zero-order valence-electron chi connectivity index (χ0n) is 8.88. The van der Waals surface area contributed by atoms with Crippen molar-refractivity contribution in [3.05, 3.63) is 33.6 Å². The Kier molecular flexibility index (Phi) is 2.57. The second-order valence-electron chi connectivity index (χ2n) is 4.16. The van der Waals surface area contributed by atoms with Crippen molar-refractivity contribution < 1.29 is 0 Å². The average molecular weight is 234 g/mol. The maximum atomic E-state index is 2.26. The van der Waals surface area contributed by atoms with E-state index in [4.69, 9.17) is 0 Å². The molecule has 2 aliphatic rings. The molecule has 0 bridgehead atoms. The minimum absolute atomic E-state index is 1.31. The van der Waals surface area contributed by atoms with E-state index in [1.165, 1.54) is 41.0 Å². The fourth-order valence-electron chi connectivity index (χ4n) is 2.16. The molecule has 0 saturated carbocycles. The van der Waals surface area contributed by atoms with Gasteiger partial charge in [0.25, 0.3) is 0 Å². The van der Waals surface area contributed by atoms with Gasteiger partial charge in [-0.25, -0.2) is 0 Å². The van der Waals surface area contributed by atoms with Gasteiger partial charge in [0.05, 0.1) is 0 Å². The van der Waals surface area contributed by atoms with Crippen LogP contribution in [0.15, 0.2) is 37.8 Å². The van der Waals surface area contributed by atoms with Gasteiger partial charge in [-0.1, -0.05) is 35.7 Å². The highest BCUT2D eigenvalue weighted by Gasteiger charge is 2.22. The van der Waals surface area contributed by atoms with E-state index < -0.39 is 0 Å². The Morgan fingerprint density at radius 2 is 1.73 bits per heavy atom. The Morgan fingerprint density at radius 1 is 1.00 bits per heavy atom. The summed E-state index contributed by atoms with van der Waals surface area (Å²) in [6.07, 6.45) is 5.38. The van der Waals surface area contributed by atoms with Crippen LogP contribution in [0.2, 0.25) is 0 Å². The normalized spacial score (nSPS) is 19.8. The second-order valence-corrected chi connectivity index (χ2v) is 6.40. The zero-order valence-corrected chi connectivity index (χ0v) is 10.5. The summed E-state index contributed by atoms with van der Waals surface area (Å²) in [4.78, 5) is 6.26. The molecule has 1 heterocycles. The molecule has 0 fully saturated rings. The summed E-state index contributed by atoms with van der Waals surface area (Å²) in [5.74, 6) is 0. The van der Waals surface area contributed by atoms with Crippen LogP contribution in [0.4, 0.5) is 0 Å². The lowest BCUT2D eigenvalue weighted by molar-refractivity contribution is 0.715. The zero-order chi connectivity index (χ0) is 10.3. The molecule has 0 spiro atoms. The first-order valence-electron chi connectivity index (χ1n) is 5.52. The number of allylic oxidation sites excluding steroid dienone is 2. The molecule has 0 saturated heterocycles. The molecule has 15 heavy (non-hydrogen) atoms. The van der Waals surface area contributed by atoms with Gasteiger partial charge in [0.1, 0.15) is 0 Å². The lowest BCUT2D eigenvalue weighted by Crippen LogP contribution is -2.00. The van der Waals surface area contributed by atoms with Crippen molar-refractivity contribution in [2.24, 2.45) is 0 Å². The first kappa shape index (κ1) is 9.86. The summed E-state index contributed by atoms with van der Waals surface area (Å²) >= 11 is 4.04. The standard InChI is InChI=1S/C13H14S2/c1-9-5-4-8-12-13(9)15-11-7-3-2-6-10(11)14-12/h4-5,8H,2-3,6-7H2,1H3. The summed E-state index contributed by atoms with van der Waals surface area (Å²) in [6, 6.07) is 6.66. The third-order valence-electron chi connectivity index (χ3n) is 3.00. The predicted octanol–water partition coefficient (Wildman–Crippen LogP) is 4.98. The first-order valence-corrected chi connectivity index (χ1v) is 7.15. The molecule has 0 amide bonds. The lowest BCUT2D eigenvalue weighted by Gasteiger charge is -2.26. The third-order valence-corrected chi connectivity index (χ3v) is 5.96. The summed E-state index contributed by atoms with van der Waals surface area (Å²) in [7, 11) is 0. The molecule has 2 heteroatoms. The number of aryl methyl sites for hydroxylation is 1. The number of rotatable bonds is 0. The maximum Gasteiger partial charge on any atom is 0.0288 e. The smallest absolute Gasteiger partial charge is 0.0288 e. The van der Waals surface area contributed by atoms with E-state index in [1.54, 1.807) is 9.81 Å². The Morgan fingerprint density at radius 3 is 2.53 bits per heavy atom. The van der Waals surface area contributed by atoms with Gasteiger partial charge in [-0.2, -0.15) is 0 Å². The van der Waals surface area contributed by atoms with Gasteiger partial charge in [0, 0.05) is 9.79 Å². The van der Waals surface area contributed by atoms with Crippen LogP contribution in [0.5, 0.6) is 0 Å². The summed E-state index contributed by atoms with van der Waals surface area (Å²) in [5, 5.41) is 0. The van der Waals surface area contributed by atoms with Crippen LogP contribution < -0.4 is 0 Å². The Bertz CT molecular complexity index is 432. The summed E-state index contributed by atoms with van der Waals surface area (Å²) < 4.78 is 0. The highest BCUT2D eigenvalue weighted by molar-refractivity contribution is 8.09. The van der Waals surface area contributed by atoms with Crippen molar-refractivity contribution in [3.8, 4) is 0 Å². The van der Waals surface area contributed by atoms with E-state index in [9.17, 15) is 0 Å². The van der Waals surface area contributed by atoms with E-state index in [0.29, 0.717) is 0 Å². The molecule has 78 valence electrons. The average Bonchev–Trinajstić information content (AvgIpc) is 2.27. The number of thioether (sulfide) groups is 2. The van der Waals surface area contributed by atoms with Crippen molar-refractivity contribution >= 4 is 23.5 Å². The van der Waals surface area contributed by atoms with Gasteiger partial charge in [-0.3, -0.25) is 0 Å². The van der Waals surface area contributed by atoms with Gasteiger partial charge in [-0.15, -0.1) is 0 Å². The molecule has 3 rings (SSSR count). The summed E-state index contributed by atoms with van der Waals surface area (Å²) in [5.41, 5.74) is 1.43. The Hall–Kier alpha value is -0.340. The molecule has 0 nitrogen and oxygen atoms in total. The van der Waals surface area contributed by atoms with Crippen LogP contribution in [0, 0.1) is 6.92 Å². The van der Waals surface area contributed by atoms with E-state index >= 15 is 0 Å². The molecular weight excluding hydrogens is 220 g/mol. The molecular formula is C13H14S2. The largest absolute Gasteiger partial charge is 0.0925 e. The van der Waals surface area contributed by atoms with Crippen LogP contribution in [-0.2, 0) is 0 Å². The molecule has 0 radical (unpaired) electrons. The minimum atomic E-state index is 1.31. The second kappa shape index (κ2) is 3.91. The monoisotopic (exact) mass is 234 g/mol. The van der Waals surface area contributed by atoms with E-state index in [1.807, 2.05) is 23.5 Å². The number of hydrogen-bond acceptors (Lipinski definition) is 2. The number of hydrogen-bond donors (Lipinski definition) is 0. The van der Waals surface area contributed by atoms with Crippen LogP contribution in [0.3, 0.4) is 0 Å². The molecule has 1 aromatic carbocycles. The first-order chi connectivity index (χ1) is 7.34. The van der Waals surface area contributed by atoms with Crippen LogP contribution in [0.1, 0.15) is 31.2 Å². The highest BCUT2D eigenvalue weighted by atomic mass is 32.2. The fourth-order valence-corrected chi connectivity index (χ4v) is 4.89. The topological polar surface area (TPSA) is 0 Å². The maximum absolute atomic E-state index is 2.26. The third kappa shape index (κ3) is 1.74. The predicted molar refractivity (Wildman–Crippen MR) is 68.4 cm³/mol. The van der Waals surface area contributed by atoms with Crippen molar-refractivity contribution in [2.75, 3.05) is 0 Å². The number of fused-ring (bicyclic) bond motifs is 1. The minimum Gasteiger partial charge on any atom is -0.0925 e. The van der Waals surface area contributed by atoms with Crippen molar-refractivity contribution in [2.45, 2.75) is 42.4 Å². The van der Waals surface area contributed by atoms with E-state index in [-0.39, 0.29) is 0 Å². The lowest BCUT2D eigenvalue weighted by atomic mass is 10.1. The van der Waals surface area contributed by atoms with Gasteiger partial charge < -0.3 is 0 Å². The molecule has 1 aliphatic carbocycles. The Balaban J connectivity index is 2.03. The molecule has 0 N–H and O–H groups in total. The summed E-state index contributed by atoms with van der Waals surface area (Å²) in [6.45, 7) is 2.22. The van der Waals surface area contributed by atoms with Gasteiger partial charge in [0.2, 0.25) is 0 Å².